The molecule has 0 fully saturated rings. The Bertz CT molecular complexity index is 199. The van der Waals surface area contributed by atoms with Gasteiger partial charge in [0.25, 0.3) is 0 Å². The van der Waals surface area contributed by atoms with E-state index in [1.165, 1.54) is 19.3 Å². The smallest absolute Gasteiger partial charge is 0.0432 e. The highest BCUT2D eigenvalue weighted by Gasteiger charge is 2.24. The normalized spacial score (nSPS) is 11.9. The predicted molar refractivity (Wildman–Crippen MR) is 53.3 cm³/mol. The third-order valence-corrected chi connectivity index (χ3v) is 3.13. The second kappa shape index (κ2) is 3.79. The fourth-order valence-corrected chi connectivity index (χ4v) is 1.95. The molecule has 68 valence electrons. The molecule has 0 aromatic carbocycles. The molecule has 0 unspecified atom stereocenters. The molecule has 0 aliphatic carbocycles. The van der Waals surface area contributed by atoms with Crippen LogP contribution < -0.4 is 0 Å². The topological polar surface area (TPSA) is 4.93 Å². The van der Waals surface area contributed by atoms with E-state index in [-0.39, 0.29) is 0 Å². The molecule has 0 spiro atoms. The van der Waals surface area contributed by atoms with Crippen LogP contribution in [0.3, 0.4) is 0 Å². The maximum Gasteiger partial charge on any atom is 0.0432 e. The van der Waals surface area contributed by atoms with E-state index in [0.717, 1.165) is 0 Å². The lowest BCUT2D eigenvalue weighted by atomic mass is 9.89. The lowest BCUT2D eigenvalue weighted by Gasteiger charge is -2.32. The quantitative estimate of drug-likeness (QED) is 0.644. The Kier molecular flexibility index (Phi) is 2.96. The highest BCUT2D eigenvalue weighted by atomic mass is 15.0. The SMILES string of the molecule is CCC(CC)(CC)n1cccc1. The van der Waals surface area contributed by atoms with Gasteiger partial charge in [-0.3, -0.25) is 0 Å². The maximum absolute atomic E-state index is 2.35. The van der Waals surface area contributed by atoms with Crippen molar-refractivity contribution in [3.8, 4) is 0 Å². The average Bonchev–Trinajstić information content (AvgIpc) is 2.62. The van der Waals surface area contributed by atoms with Gasteiger partial charge in [0, 0.05) is 17.9 Å². The van der Waals surface area contributed by atoms with Crippen molar-refractivity contribution in [1.82, 2.24) is 4.57 Å². The molecule has 0 atom stereocenters. The molecule has 1 aromatic heterocycles. The molecule has 0 aliphatic heterocycles. The fraction of sp³-hybridized carbons (Fsp3) is 0.636. The van der Waals surface area contributed by atoms with Gasteiger partial charge in [-0.2, -0.15) is 0 Å². The summed E-state index contributed by atoms with van der Waals surface area (Å²) >= 11 is 0. The van der Waals surface area contributed by atoms with Crippen LogP contribution in [0.5, 0.6) is 0 Å². The van der Waals surface area contributed by atoms with Crippen LogP contribution in [0.15, 0.2) is 24.5 Å². The molecule has 0 N–H and O–H groups in total. The first-order chi connectivity index (χ1) is 5.79. The molecule has 0 saturated carbocycles. The van der Waals surface area contributed by atoms with Crippen LogP contribution >= 0.6 is 0 Å². The molecule has 1 nitrogen and oxygen atoms in total. The second-order valence-electron chi connectivity index (χ2n) is 3.38. The molecule has 0 saturated heterocycles. The standard InChI is InChI=1S/C11H19N/c1-4-11(5-2,6-3)12-9-7-8-10-12/h7-10H,4-6H2,1-3H3. The van der Waals surface area contributed by atoms with Crippen LogP contribution in [-0.2, 0) is 5.54 Å². The molecule has 1 heterocycles. The van der Waals surface area contributed by atoms with E-state index in [0.29, 0.717) is 5.54 Å². The van der Waals surface area contributed by atoms with E-state index >= 15 is 0 Å². The zero-order chi connectivity index (χ0) is 9.03. The van der Waals surface area contributed by atoms with Crippen molar-refractivity contribution < 1.29 is 0 Å². The van der Waals surface area contributed by atoms with Crippen molar-refractivity contribution in [2.75, 3.05) is 0 Å². The summed E-state index contributed by atoms with van der Waals surface area (Å²) in [5, 5.41) is 0. The van der Waals surface area contributed by atoms with Gasteiger partial charge in [0.1, 0.15) is 0 Å². The van der Waals surface area contributed by atoms with Crippen LogP contribution in [0.4, 0.5) is 0 Å². The van der Waals surface area contributed by atoms with Crippen LogP contribution in [0.1, 0.15) is 40.0 Å². The summed E-state index contributed by atoms with van der Waals surface area (Å²) in [7, 11) is 0. The van der Waals surface area contributed by atoms with Crippen molar-refractivity contribution in [2.24, 2.45) is 0 Å². The Labute approximate surface area is 75.4 Å². The molecule has 12 heavy (non-hydrogen) atoms. The predicted octanol–water partition coefficient (Wildman–Crippen LogP) is 3.41. The molecule has 1 heteroatoms. The molecule has 0 radical (unpaired) electrons. The number of nitrogens with zero attached hydrogens (tertiary/aromatic N) is 1. The van der Waals surface area contributed by atoms with Gasteiger partial charge in [0.2, 0.25) is 0 Å². The lowest BCUT2D eigenvalue weighted by molar-refractivity contribution is 0.251. The minimum absolute atomic E-state index is 0.365. The zero-order valence-corrected chi connectivity index (χ0v) is 8.38. The highest BCUT2D eigenvalue weighted by molar-refractivity contribution is 4.97. The van der Waals surface area contributed by atoms with Crippen molar-refractivity contribution in [2.45, 2.75) is 45.6 Å². The monoisotopic (exact) mass is 165 g/mol. The van der Waals surface area contributed by atoms with Gasteiger partial charge in [0.15, 0.2) is 0 Å². The van der Waals surface area contributed by atoms with E-state index < -0.39 is 0 Å². The van der Waals surface area contributed by atoms with Crippen LogP contribution in [0, 0.1) is 0 Å². The highest BCUT2D eigenvalue weighted by Crippen LogP contribution is 2.28. The Morgan fingerprint density at radius 2 is 1.33 bits per heavy atom. The van der Waals surface area contributed by atoms with E-state index in [9.17, 15) is 0 Å². The van der Waals surface area contributed by atoms with E-state index in [1.54, 1.807) is 0 Å². The molecule has 1 aromatic rings. The minimum atomic E-state index is 0.365. The van der Waals surface area contributed by atoms with Gasteiger partial charge in [-0.15, -0.1) is 0 Å². The fourth-order valence-electron chi connectivity index (χ4n) is 1.95. The summed E-state index contributed by atoms with van der Waals surface area (Å²) in [5.41, 5.74) is 0.365. The van der Waals surface area contributed by atoms with Gasteiger partial charge in [-0.05, 0) is 31.4 Å². The summed E-state index contributed by atoms with van der Waals surface area (Å²) in [6.07, 6.45) is 8.01. The molecular weight excluding hydrogens is 146 g/mol. The Balaban J connectivity index is 2.93. The van der Waals surface area contributed by atoms with Gasteiger partial charge in [-0.1, -0.05) is 20.8 Å². The summed E-state index contributed by atoms with van der Waals surface area (Å²) in [6, 6.07) is 4.21. The summed E-state index contributed by atoms with van der Waals surface area (Å²) in [5.74, 6) is 0. The summed E-state index contributed by atoms with van der Waals surface area (Å²) in [6.45, 7) is 6.81. The lowest BCUT2D eigenvalue weighted by Crippen LogP contribution is -2.30. The van der Waals surface area contributed by atoms with E-state index in [2.05, 4.69) is 49.9 Å². The van der Waals surface area contributed by atoms with Crippen molar-refractivity contribution in [3.63, 3.8) is 0 Å². The number of hydrogen-bond acceptors (Lipinski definition) is 0. The first-order valence-electron chi connectivity index (χ1n) is 4.92. The van der Waals surface area contributed by atoms with Crippen molar-refractivity contribution >= 4 is 0 Å². The van der Waals surface area contributed by atoms with Crippen molar-refractivity contribution in [3.05, 3.63) is 24.5 Å². The minimum Gasteiger partial charge on any atom is -0.348 e. The molecular formula is C11H19N. The third kappa shape index (κ3) is 1.40. The molecule has 0 aliphatic rings. The van der Waals surface area contributed by atoms with Crippen LogP contribution in [-0.4, -0.2) is 4.57 Å². The number of rotatable bonds is 4. The third-order valence-electron chi connectivity index (χ3n) is 3.13. The first kappa shape index (κ1) is 9.37. The number of hydrogen-bond donors (Lipinski definition) is 0. The summed E-state index contributed by atoms with van der Waals surface area (Å²) in [4.78, 5) is 0. The molecule has 1 rings (SSSR count). The number of aromatic nitrogens is 1. The molecule has 0 bridgehead atoms. The van der Waals surface area contributed by atoms with E-state index in [4.69, 9.17) is 0 Å². The average molecular weight is 165 g/mol. The zero-order valence-electron chi connectivity index (χ0n) is 8.38. The largest absolute Gasteiger partial charge is 0.348 e. The van der Waals surface area contributed by atoms with Gasteiger partial charge < -0.3 is 4.57 Å². The van der Waals surface area contributed by atoms with Crippen molar-refractivity contribution in [1.29, 1.82) is 0 Å². The molecule has 0 amide bonds. The maximum atomic E-state index is 2.35. The Morgan fingerprint density at radius 3 is 1.67 bits per heavy atom. The second-order valence-corrected chi connectivity index (χ2v) is 3.38. The van der Waals surface area contributed by atoms with Crippen LogP contribution in [0.25, 0.3) is 0 Å². The first-order valence-corrected chi connectivity index (χ1v) is 4.92. The van der Waals surface area contributed by atoms with E-state index in [1.807, 2.05) is 0 Å². The van der Waals surface area contributed by atoms with Gasteiger partial charge in [-0.25, -0.2) is 0 Å². The Morgan fingerprint density at radius 1 is 0.917 bits per heavy atom. The summed E-state index contributed by atoms with van der Waals surface area (Å²) < 4.78 is 2.35. The van der Waals surface area contributed by atoms with Gasteiger partial charge in [0.05, 0.1) is 0 Å². The Hall–Kier alpha value is -0.720. The van der Waals surface area contributed by atoms with Gasteiger partial charge >= 0.3 is 0 Å². The van der Waals surface area contributed by atoms with Crippen LogP contribution in [0.2, 0.25) is 0 Å².